The summed E-state index contributed by atoms with van der Waals surface area (Å²) >= 11 is 1.37. The molecule has 1 rings (SSSR count). The molecule has 0 saturated heterocycles. The molecule has 0 spiro atoms. The molecule has 0 aliphatic rings. The average Bonchev–Trinajstić information content (AvgIpc) is 2.58. The molecule has 0 aliphatic heterocycles. The van der Waals surface area contributed by atoms with Gasteiger partial charge in [0.1, 0.15) is 0 Å². The van der Waals surface area contributed by atoms with Gasteiger partial charge in [-0.3, -0.25) is 4.79 Å². The zero-order valence-corrected chi connectivity index (χ0v) is 10.1. The molecule has 88 valence electrons. The van der Waals surface area contributed by atoms with Crippen molar-refractivity contribution in [3.05, 3.63) is 28.5 Å². The molecule has 1 aromatic rings. The number of carbonyl (C=O) groups is 1. The lowest BCUT2D eigenvalue weighted by molar-refractivity contribution is 0.0747. The predicted octanol–water partition coefficient (Wildman–Crippen LogP) is 1.26. The van der Waals surface area contributed by atoms with Gasteiger partial charge >= 0.3 is 0 Å². The molecule has 1 amide bonds. The van der Waals surface area contributed by atoms with E-state index in [9.17, 15) is 4.79 Å². The summed E-state index contributed by atoms with van der Waals surface area (Å²) in [6, 6.07) is 1.68. The summed E-state index contributed by atoms with van der Waals surface area (Å²) < 4.78 is 0. The van der Waals surface area contributed by atoms with Gasteiger partial charge in [0.05, 0.1) is 11.5 Å². The highest BCUT2D eigenvalue weighted by Gasteiger charge is 2.17. The minimum absolute atomic E-state index is 0.0561. The Morgan fingerprint density at radius 2 is 2.44 bits per heavy atom. The normalized spacial score (nSPS) is 10.1. The van der Waals surface area contributed by atoms with Crippen LogP contribution in [0, 0.1) is 6.92 Å². The molecule has 0 unspecified atom stereocenters. The van der Waals surface area contributed by atoms with Crippen molar-refractivity contribution in [3.8, 4) is 0 Å². The number of anilines is 1. The van der Waals surface area contributed by atoms with Crippen LogP contribution >= 0.6 is 11.3 Å². The van der Waals surface area contributed by atoms with Gasteiger partial charge in [-0.2, -0.15) is 0 Å². The van der Waals surface area contributed by atoms with Crippen molar-refractivity contribution in [2.24, 2.45) is 0 Å². The van der Waals surface area contributed by atoms with Crippen molar-refractivity contribution >= 4 is 22.9 Å². The highest BCUT2D eigenvalue weighted by molar-refractivity contribution is 7.14. The van der Waals surface area contributed by atoms with E-state index >= 15 is 0 Å². The Kier molecular flexibility index (Phi) is 4.52. The number of nitrogen functional groups attached to an aromatic ring is 1. The molecule has 0 fully saturated rings. The number of aliphatic hydroxyl groups is 1. The third-order valence-corrected chi connectivity index (χ3v) is 3.23. The predicted molar refractivity (Wildman–Crippen MR) is 66.7 cm³/mol. The molecule has 4 nitrogen and oxygen atoms in total. The van der Waals surface area contributed by atoms with Crippen LogP contribution in [0.1, 0.15) is 14.5 Å². The van der Waals surface area contributed by atoms with Gasteiger partial charge in [0.15, 0.2) is 0 Å². The fraction of sp³-hybridized carbons (Fsp3) is 0.364. The quantitative estimate of drug-likeness (QED) is 0.761. The Labute approximate surface area is 99.0 Å². The van der Waals surface area contributed by atoms with Crippen molar-refractivity contribution in [3.63, 3.8) is 0 Å². The van der Waals surface area contributed by atoms with Crippen molar-refractivity contribution in [1.82, 2.24) is 4.90 Å². The van der Waals surface area contributed by atoms with Gasteiger partial charge in [0, 0.05) is 23.7 Å². The van der Waals surface area contributed by atoms with E-state index in [1.807, 2.05) is 6.92 Å². The Hall–Kier alpha value is -1.33. The zero-order valence-electron chi connectivity index (χ0n) is 9.27. The lowest BCUT2D eigenvalue weighted by atomic mass is 10.3. The van der Waals surface area contributed by atoms with E-state index in [2.05, 4.69) is 6.58 Å². The third-order valence-electron chi connectivity index (χ3n) is 2.17. The van der Waals surface area contributed by atoms with Crippen LogP contribution in [0.2, 0.25) is 0 Å². The van der Waals surface area contributed by atoms with Crippen molar-refractivity contribution < 1.29 is 9.90 Å². The molecule has 0 aromatic carbocycles. The summed E-state index contributed by atoms with van der Waals surface area (Å²) in [5.74, 6) is -0.112. The fourth-order valence-corrected chi connectivity index (χ4v) is 2.22. The molecule has 0 bridgehead atoms. The fourth-order valence-electron chi connectivity index (χ4n) is 1.31. The van der Waals surface area contributed by atoms with Crippen LogP contribution in [-0.4, -0.2) is 35.6 Å². The van der Waals surface area contributed by atoms with Crippen LogP contribution in [0.25, 0.3) is 0 Å². The molecular formula is C11H16N2O2S. The second kappa shape index (κ2) is 5.67. The molecule has 0 saturated carbocycles. The number of thiophene rings is 1. The van der Waals surface area contributed by atoms with E-state index < -0.39 is 0 Å². The van der Waals surface area contributed by atoms with E-state index in [1.54, 1.807) is 12.1 Å². The van der Waals surface area contributed by atoms with Crippen LogP contribution in [0.3, 0.4) is 0 Å². The van der Waals surface area contributed by atoms with Gasteiger partial charge < -0.3 is 15.7 Å². The van der Waals surface area contributed by atoms with E-state index in [-0.39, 0.29) is 12.5 Å². The Balaban J connectivity index is 2.84. The Bertz CT molecular complexity index is 368. The van der Waals surface area contributed by atoms with Crippen molar-refractivity contribution in [2.45, 2.75) is 6.92 Å². The largest absolute Gasteiger partial charge is 0.398 e. The number of nitrogens with two attached hydrogens (primary N) is 1. The number of hydrogen-bond donors (Lipinski definition) is 2. The standard InChI is InChI=1S/C11H16N2O2S/c1-3-4-13(5-6-14)11(15)10-7-9(12)8(2)16-10/h3,7,14H,1,4-6,12H2,2H3. The lowest BCUT2D eigenvalue weighted by Gasteiger charge is -2.18. The van der Waals surface area contributed by atoms with Crippen LogP contribution in [0.4, 0.5) is 5.69 Å². The first-order valence-corrected chi connectivity index (χ1v) is 5.78. The van der Waals surface area contributed by atoms with Gasteiger partial charge in [0.2, 0.25) is 0 Å². The first-order chi connectivity index (χ1) is 7.60. The van der Waals surface area contributed by atoms with Gasteiger partial charge in [-0.15, -0.1) is 17.9 Å². The van der Waals surface area contributed by atoms with Gasteiger partial charge in [-0.05, 0) is 13.0 Å². The van der Waals surface area contributed by atoms with Crippen molar-refractivity contribution in [1.29, 1.82) is 0 Å². The second-order valence-corrected chi connectivity index (χ2v) is 4.64. The number of hydrogen-bond acceptors (Lipinski definition) is 4. The highest BCUT2D eigenvalue weighted by atomic mass is 32.1. The molecule has 0 radical (unpaired) electrons. The van der Waals surface area contributed by atoms with E-state index in [1.165, 1.54) is 16.2 Å². The second-order valence-electron chi connectivity index (χ2n) is 3.39. The summed E-state index contributed by atoms with van der Waals surface area (Å²) in [5.41, 5.74) is 6.33. The lowest BCUT2D eigenvalue weighted by Crippen LogP contribution is -2.33. The van der Waals surface area contributed by atoms with Crippen LogP contribution in [0.15, 0.2) is 18.7 Å². The van der Waals surface area contributed by atoms with E-state index in [0.29, 0.717) is 23.7 Å². The zero-order chi connectivity index (χ0) is 12.1. The molecule has 5 heteroatoms. The van der Waals surface area contributed by atoms with Gasteiger partial charge in [0.25, 0.3) is 5.91 Å². The summed E-state index contributed by atoms with van der Waals surface area (Å²) in [4.78, 5) is 15.1. The maximum Gasteiger partial charge on any atom is 0.264 e. The van der Waals surface area contributed by atoms with Crippen LogP contribution < -0.4 is 5.73 Å². The number of nitrogens with zero attached hydrogens (tertiary/aromatic N) is 1. The minimum Gasteiger partial charge on any atom is -0.398 e. The summed E-state index contributed by atoms with van der Waals surface area (Å²) in [7, 11) is 0. The van der Waals surface area contributed by atoms with Gasteiger partial charge in [-0.1, -0.05) is 6.08 Å². The molecular weight excluding hydrogens is 224 g/mol. The Morgan fingerprint density at radius 1 is 1.75 bits per heavy atom. The summed E-state index contributed by atoms with van der Waals surface area (Å²) in [5, 5.41) is 8.87. The molecule has 1 heterocycles. The van der Waals surface area contributed by atoms with Crippen LogP contribution in [-0.2, 0) is 0 Å². The van der Waals surface area contributed by atoms with E-state index in [4.69, 9.17) is 10.8 Å². The minimum atomic E-state index is -0.112. The molecule has 0 aliphatic carbocycles. The molecule has 0 atom stereocenters. The number of carbonyl (C=O) groups excluding carboxylic acids is 1. The topological polar surface area (TPSA) is 66.6 Å². The first-order valence-electron chi connectivity index (χ1n) is 4.97. The highest BCUT2D eigenvalue weighted by Crippen LogP contribution is 2.24. The summed E-state index contributed by atoms with van der Waals surface area (Å²) in [6.07, 6.45) is 1.64. The average molecular weight is 240 g/mol. The number of aliphatic hydroxyl groups excluding tert-OH is 1. The molecule has 1 aromatic heterocycles. The van der Waals surface area contributed by atoms with Gasteiger partial charge in [-0.25, -0.2) is 0 Å². The third kappa shape index (κ3) is 2.84. The monoisotopic (exact) mass is 240 g/mol. The number of aryl methyl sites for hydroxylation is 1. The first kappa shape index (κ1) is 12.7. The maximum atomic E-state index is 12.0. The smallest absolute Gasteiger partial charge is 0.264 e. The maximum absolute atomic E-state index is 12.0. The SMILES string of the molecule is C=CCN(CCO)C(=O)c1cc(N)c(C)s1. The van der Waals surface area contributed by atoms with Crippen molar-refractivity contribution in [2.75, 3.05) is 25.4 Å². The summed E-state index contributed by atoms with van der Waals surface area (Å²) in [6.45, 7) is 6.14. The van der Waals surface area contributed by atoms with Crippen LogP contribution in [0.5, 0.6) is 0 Å². The molecule has 3 N–H and O–H groups in total. The number of amides is 1. The van der Waals surface area contributed by atoms with E-state index in [0.717, 1.165) is 4.88 Å². The number of rotatable bonds is 5. The Morgan fingerprint density at radius 3 is 2.88 bits per heavy atom. The molecule has 16 heavy (non-hydrogen) atoms.